The zero-order valence-corrected chi connectivity index (χ0v) is 10.6. The SMILES string of the molecule is C=C(OCC)c1cc(N)c(OC)c(C(=O)OC)n1. The molecule has 1 aromatic heterocycles. The number of carbonyl (C=O) groups excluding carboxylic acids is 1. The van der Waals surface area contributed by atoms with E-state index in [-0.39, 0.29) is 17.1 Å². The van der Waals surface area contributed by atoms with Crippen LogP contribution in [0.3, 0.4) is 0 Å². The van der Waals surface area contributed by atoms with Crippen molar-refractivity contribution in [1.29, 1.82) is 0 Å². The summed E-state index contributed by atoms with van der Waals surface area (Å²) in [6, 6.07) is 1.53. The van der Waals surface area contributed by atoms with Gasteiger partial charge in [-0.25, -0.2) is 9.78 Å². The van der Waals surface area contributed by atoms with E-state index in [1.807, 2.05) is 6.92 Å². The van der Waals surface area contributed by atoms with Crippen molar-refractivity contribution in [2.24, 2.45) is 0 Å². The minimum absolute atomic E-state index is 0.00384. The van der Waals surface area contributed by atoms with Crippen molar-refractivity contribution in [2.75, 3.05) is 26.6 Å². The first kappa shape index (κ1) is 13.8. The number of esters is 1. The van der Waals surface area contributed by atoms with Gasteiger partial charge in [-0.15, -0.1) is 0 Å². The molecule has 0 atom stereocenters. The molecule has 0 bridgehead atoms. The monoisotopic (exact) mass is 252 g/mol. The summed E-state index contributed by atoms with van der Waals surface area (Å²) >= 11 is 0. The molecule has 98 valence electrons. The summed E-state index contributed by atoms with van der Waals surface area (Å²) in [6.07, 6.45) is 0. The standard InChI is InChI=1S/C12H16N2O4/c1-5-18-7(2)9-6-8(13)11(16-3)10(14-9)12(15)17-4/h6H,2,5H2,1,3-4H3,(H2,13,14). The van der Waals surface area contributed by atoms with E-state index in [1.54, 1.807) is 0 Å². The van der Waals surface area contributed by atoms with Crippen molar-refractivity contribution in [3.05, 3.63) is 24.0 Å². The van der Waals surface area contributed by atoms with Crippen LogP contribution in [0.15, 0.2) is 12.6 Å². The average Bonchev–Trinajstić information content (AvgIpc) is 2.37. The molecule has 0 fully saturated rings. The van der Waals surface area contributed by atoms with Gasteiger partial charge in [-0.05, 0) is 13.0 Å². The fraction of sp³-hybridized carbons (Fsp3) is 0.333. The van der Waals surface area contributed by atoms with E-state index < -0.39 is 5.97 Å². The van der Waals surface area contributed by atoms with E-state index >= 15 is 0 Å². The molecule has 0 unspecified atom stereocenters. The van der Waals surface area contributed by atoms with Gasteiger partial charge < -0.3 is 19.9 Å². The second-order valence-electron chi connectivity index (χ2n) is 3.33. The van der Waals surface area contributed by atoms with E-state index in [4.69, 9.17) is 15.2 Å². The first-order valence-corrected chi connectivity index (χ1v) is 5.30. The fourth-order valence-corrected chi connectivity index (χ4v) is 1.39. The fourth-order valence-electron chi connectivity index (χ4n) is 1.39. The minimum Gasteiger partial charge on any atom is -0.492 e. The predicted molar refractivity (Wildman–Crippen MR) is 67.2 cm³/mol. The number of nitrogen functional groups attached to an aromatic ring is 1. The van der Waals surface area contributed by atoms with Crippen LogP contribution in [0, 0.1) is 0 Å². The molecule has 0 aliphatic carbocycles. The number of ether oxygens (including phenoxy) is 3. The van der Waals surface area contributed by atoms with E-state index in [0.717, 1.165) is 0 Å². The lowest BCUT2D eigenvalue weighted by Crippen LogP contribution is -2.11. The Bertz CT molecular complexity index is 471. The Morgan fingerprint density at radius 2 is 2.17 bits per heavy atom. The molecule has 6 heteroatoms. The number of aromatic nitrogens is 1. The second-order valence-corrected chi connectivity index (χ2v) is 3.33. The van der Waals surface area contributed by atoms with Crippen molar-refractivity contribution in [3.8, 4) is 5.75 Å². The lowest BCUT2D eigenvalue weighted by atomic mass is 10.2. The maximum absolute atomic E-state index is 11.6. The van der Waals surface area contributed by atoms with Crippen molar-refractivity contribution in [2.45, 2.75) is 6.92 Å². The Labute approximate surface area is 105 Å². The van der Waals surface area contributed by atoms with E-state index in [1.165, 1.54) is 20.3 Å². The molecule has 0 saturated carbocycles. The highest BCUT2D eigenvalue weighted by molar-refractivity contribution is 5.93. The molecule has 0 spiro atoms. The second kappa shape index (κ2) is 5.90. The van der Waals surface area contributed by atoms with Crippen LogP contribution in [0.1, 0.15) is 23.1 Å². The smallest absolute Gasteiger partial charge is 0.360 e. The van der Waals surface area contributed by atoms with Crippen LogP contribution >= 0.6 is 0 Å². The van der Waals surface area contributed by atoms with Gasteiger partial charge in [0, 0.05) is 0 Å². The molecule has 6 nitrogen and oxygen atoms in total. The summed E-state index contributed by atoms with van der Waals surface area (Å²) in [6.45, 7) is 5.97. The lowest BCUT2D eigenvalue weighted by Gasteiger charge is -2.12. The summed E-state index contributed by atoms with van der Waals surface area (Å²) in [5.41, 5.74) is 6.42. The topological polar surface area (TPSA) is 83.7 Å². The van der Waals surface area contributed by atoms with Gasteiger partial charge in [0.05, 0.1) is 26.5 Å². The molecule has 0 amide bonds. The van der Waals surface area contributed by atoms with Crippen molar-refractivity contribution < 1.29 is 19.0 Å². The number of hydrogen-bond donors (Lipinski definition) is 1. The molecule has 0 aliphatic heterocycles. The third-order valence-electron chi connectivity index (χ3n) is 2.19. The van der Waals surface area contributed by atoms with Gasteiger partial charge in [0.1, 0.15) is 11.5 Å². The number of hydrogen-bond acceptors (Lipinski definition) is 6. The number of nitrogens with zero attached hydrogens (tertiary/aromatic N) is 1. The summed E-state index contributed by atoms with van der Waals surface area (Å²) in [5, 5.41) is 0. The Hall–Kier alpha value is -2.24. The van der Waals surface area contributed by atoms with Crippen LogP contribution < -0.4 is 10.5 Å². The van der Waals surface area contributed by atoms with Crippen LogP contribution in [-0.2, 0) is 9.47 Å². The average molecular weight is 252 g/mol. The maximum Gasteiger partial charge on any atom is 0.360 e. The number of anilines is 1. The third-order valence-corrected chi connectivity index (χ3v) is 2.19. The number of carbonyl (C=O) groups is 1. The molecular formula is C12H16N2O4. The molecule has 18 heavy (non-hydrogen) atoms. The zero-order valence-electron chi connectivity index (χ0n) is 10.6. The summed E-state index contributed by atoms with van der Waals surface area (Å²) < 4.78 is 14.9. The zero-order chi connectivity index (χ0) is 13.7. The van der Waals surface area contributed by atoms with Crippen LogP contribution in [-0.4, -0.2) is 31.8 Å². The molecule has 1 heterocycles. The molecule has 0 aromatic carbocycles. The van der Waals surface area contributed by atoms with Gasteiger partial charge in [0.2, 0.25) is 0 Å². The van der Waals surface area contributed by atoms with Gasteiger partial charge >= 0.3 is 5.97 Å². The van der Waals surface area contributed by atoms with Crippen molar-refractivity contribution >= 4 is 17.4 Å². The molecule has 1 aromatic rings. The molecule has 0 saturated heterocycles. The molecular weight excluding hydrogens is 236 g/mol. The van der Waals surface area contributed by atoms with E-state index in [0.29, 0.717) is 18.1 Å². The van der Waals surface area contributed by atoms with Crippen LogP contribution in [0.4, 0.5) is 5.69 Å². The summed E-state index contributed by atoms with van der Waals surface area (Å²) in [4.78, 5) is 15.7. The molecule has 2 N–H and O–H groups in total. The van der Waals surface area contributed by atoms with Crippen LogP contribution in [0.5, 0.6) is 5.75 Å². The number of methoxy groups -OCH3 is 2. The highest BCUT2D eigenvalue weighted by Crippen LogP contribution is 2.28. The summed E-state index contributed by atoms with van der Waals surface area (Å²) in [5.74, 6) is -0.128. The van der Waals surface area contributed by atoms with Gasteiger partial charge in [0.25, 0.3) is 0 Å². The van der Waals surface area contributed by atoms with Crippen LogP contribution in [0.25, 0.3) is 5.76 Å². The molecule has 0 radical (unpaired) electrons. The van der Waals surface area contributed by atoms with E-state index in [2.05, 4.69) is 16.3 Å². The number of rotatable bonds is 5. The Balaban J connectivity index is 3.30. The van der Waals surface area contributed by atoms with Gasteiger partial charge in [-0.3, -0.25) is 0 Å². The highest BCUT2D eigenvalue weighted by Gasteiger charge is 2.20. The molecule has 0 aliphatic rings. The van der Waals surface area contributed by atoms with Gasteiger partial charge in [-0.1, -0.05) is 6.58 Å². The third kappa shape index (κ3) is 2.71. The number of pyridine rings is 1. The van der Waals surface area contributed by atoms with E-state index in [9.17, 15) is 4.79 Å². The molecule has 1 rings (SSSR count). The maximum atomic E-state index is 11.6. The normalized spacial score (nSPS) is 9.72. The predicted octanol–water partition coefficient (Wildman–Crippen LogP) is 1.47. The van der Waals surface area contributed by atoms with Gasteiger partial charge in [0.15, 0.2) is 11.4 Å². The Kier molecular flexibility index (Phi) is 4.53. The Morgan fingerprint density at radius 3 is 2.67 bits per heavy atom. The number of nitrogens with two attached hydrogens (primary N) is 1. The van der Waals surface area contributed by atoms with Gasteiger partial charge in [-0.2, -0.15) is 0 Å². The first-order valence-electron chi connectivity index (χ1n) is 5.30. The first-order chi connectivity index (χ1) is 8.54. The minimum atomic E-state index is -0.635. The van der Waals surface area contributed by atoms with Crippen LogP contribution in [0.2, 0.25) is 0 Å². The Morgan fingerprint density at radius 1 is 1.50 bits per heavy atom. The highest BCUT2D eigenvalue weighted by atomic mass is 16.5. The van der Waals surface area contributed by atoms with Crippen molar-refractivity contribution in [1.82, 2.24) is 4.98 Å². The quantitative estimate of drug-likeness (QED) is 0.631. The van der Waals surface area contributed by atoms with Crippen molar-refractivity contribution in [3.63, 3.8) is 0 Å². The lowest BCUT2D eigenvalue weighted by molar-refractivity contribution is 0.0590. The largest absolute Gasteiger partial charge is 0.492 e. The summed E-state index contributed by atoms with van der Waals surface area (Å²) in [7, 11) is 2.65.